The lowest BCUT2D eigenvalue weighted by molar-refractivity contribution is -0.127. The van der Waals surface area contributed by atoms with Crippen molar-refractivity contribution in [2.75, 3.05) is 18.8 Å². The van der Waals surface area contributed by atoms with Crippen molar-refractivity contribution >= 4 is 15.9 Å². The van der Waals surface area contributed by atoms with E-state index in [1.54, 1.807) is 4.31 Å². The second-order valence-electron chi connectivity index (χ2n) is 8.75. The predicted molar refractivity (Wildman–Crippen MR) is 123 cm³/mol. The van der Waals surface area contributed by atoms with Crippen LogP contribution in [0.4, 0.5) is 0 Å². The van der Waals surface area contributed by atoms with Crippen molar-refractivity contribution in [3.63, 3.8) is 0 Å². The van der Waals surface area contributed by atoms with Crippen molar-refractivity contribution in [2.24, 2.45) is 5.92 Å². The SMILES string of the molecule is O=C(N[C@@H]1CCCc2ccccc21)[C@@H]1CCCN(S(=O)(=O)CCCc2ccccc2)C1. The van der Waals surface area contributed by atoms with E-state index in [0.29, 0.717) is 19.5 Å². The smallest absolute Gasteiger partial charge is 0.224 e. The van der Waals surface area contributed by atoms with Gasteiger partial charge in [-0.1, -0.05) is 54.6 Å². The number of piperidine rings is 1. The molecule has 0 unspecified atom stereocenters. The van der Waals surface area contributed by atoms with E-state index in [0.717, 1.165) is 44.1 Å². The van der Waals surface area contributed by atoms with Crippen LogP contribution in [0, 0.1) is 5.92 Å². The molecule has 2 aromatic rings. The molecule has 5 nitrogen and oxygen atoms in total. The van der Waals surface area contributed by atoms with Crippen molar-refractivity contribution in [3.05, 3.63) is 71.3 Å². The standard InChI is InChI=1S/C25H32N2O3S/c28-25(26-24-16-6-13-21-12-4-5-15-23(21)24)22-14-7-17-27(19-22)31(29,30)18-8-11-20-9-2-1-3-10-20/h1-5,9-10,12,15,22,24H,6-8,11,13-14,16-19H2,(H,26,28)/t22-,24-/m1/s1. The minimum absolute atomic E-state index is 0.00844. The summed E-state index contributed by atoms with van der Waals surface area (Å²) in [6, 6.07) is 18.3. The van der Waals surface area contributed by atoms with E-state index in [1.165, 1.54) is 11.1 Å². The Morgan fingerprint density at radius 1 is 1.00 bits per heavy atom. The first-order valence-electron chi connectivity index (χ1n) is 11.4. The van der Waals surface area contributed by atoms with Gasteiger partial charge in [0.1, 0.15) is 0 Å². The Balaban J connectivity index is 1.33. The molecule has 0 saturated carbocycles. The average molecular weight is 441 g/mol. The summed E-state index contributed by atoms with van der Waals surface area (Å²) in [6.45, 7) is 0.817. The van der Waals surface area contributed by atoms with Gasteiger partial charge in [-0.15, -0.1) is 0 Å². The molecule has 2 aliphatic rings. The summed E-state index contributed by atoms with van der Waals surface area (Å²) in [6.07, 6.45) is 5.89. The molecule has 1 aliphatic heterocycles. The number of rotatable bonds is 7. The summed E-state index contributed by atoms with van der Waals surface area (Å²) in [5.41, 5.74) is 3.68. The van der Waals surface area contributed by atoms with E-state index in [1.807, 2.05) is 42.5 Å². The maximum Gasteiger partial charge on any atom is 0.224 e. The molecule has 0 spiro atoms. The number of fused-ring (bicyclic) bond motifs is 1. The van der Waals surface area contributed by atoms with E-state index in [-0.39, 0.29) is 23.6 Å². The number of hydrogen-bond donors (Lipinski definition) is 1. The molecular formula is C25H32N2O3S. The number of nitrogens with zero attached hydrogens (tertiary/aromatic N) is 1. The predicted octanol–water partition coefficient (Wildman–Crippen LogP) is 3.85. The monoisotopic (exact) mass is 440 g/mol. The zero-order valence-electron chi connectivity index (χ0n) is 18.0. The van der Waals surface area contributed by atoms with Crippen LogP contribution in [0.3, 0.4) is 0 Å². The molecule has 1 heterocycles. The average Bonchev–Trinajstić information content (AvgIpc) is 2.80. The zero-order valence-corrected chi connectivity index (χ0v) is 18.8. The number of benzene rings is 2. The van der Waals surface area contributed by atoms with Crippen LogP contribution in [-0.4, -0.2) is 37.5 Å². The fourth-order valence-electron chi connectivity index (χ4n) is 4.83. The van der Waals surface area contributed by atoms with Gasteiger partial charge in [-0.2, -0.15) is 0 Å². The van der Waals surface area contributed by atoms with Crippen LogP contribution in [0.5, 0.6) is 0 Å². The number of amides is 1. The summed E-state index contributed by atoms with van der Waals surface area (Å²) in [4.78, 5) is 13.0. The molecule has 1 N–H and O–H groups in total. The van der Waals surface area contributed by atoms with Crippen molar-refractivity contribution in [2.45, 2.75) is 51.0 Å². The van der Waals surface area contributed by atoms with Gasteiger partial charge in [-0.25, -0.2) is 12.7 Å². The third-order valence-corrected chi connectivity index (χ3v) is 8.47. The summed E-state index contributed by atoms with van der Waals surface area (Å²) in [5, 5.41) is 3.22. The lowest BCUT2D eigenvalue weighted by atomic mass is 9.87. The van der Waals surface area contributed by atoms with Gasteiger partial charge in [-0.3, -0.25) is 4.79 Å². The van der Waals surface area contributed by atoms with Crippen LogP contribution < -0.4 is 5.32 Å². The Kier molecular flexibility index (Phi) is 7.08. The summed E-state index contributed by atoms with van der Waals surface area (Å²) < 4.78 is 27.3. The van der Waals surface area contributed by atoms with Crippen molar-refractivity contribution < 1.29 is 13.2 Å². The van der Waals surface area contributed by atoms with Crippen LogP contribution in [-0.2, 0) is 27.7 Å². The molecule has 0 aromatic heterocycles. The Morgan fingerprint density at radius 2 is 1.77 bits per heavy atom. The lowest BCUT2D eigenvalue weighted by Crippen LogP contribution is -2.47. The molecule has 1 fully saturated rings. The number of aryl methyl sites for hydroxylation is 2. The first-order chi connectivity index (χ1) is 15.0. The van der Waals surface area contributed by atoms with Gasteiger partial charge in [0.05, 0.1) is 17.7 Å². The van der Waals surface area contributed by atoms with Crippen LogP contribution in [0.1, 0.15) is 54.8 Å². The molecule has 31 heavy (non-hydrogen) atoms. The highest BCUT2D eigenvalue weighted by atomic mass is 32.2. The first-order valence-corrected chi connectivity index (χ1v) is 13.0. The quantitative estimate of drug-likeness (QED) is 0.711. The number of carbonyl (C=O) groups is 1. The molecule has 6 heteroatoms. The fraction of sp³-hybridized carbons (Fsp3) is 0.480. The van der Waals surface area contributed by atoms with E-state index >= 15 is 0 Å². The van der Waals surface area contributed by atoms with Gasteiger partial charge in [0.2, 0.25) is 15.9 Å². The van der Waals surface area contributed by atoms with Crippen LogP contribution in [0.15, 0.2) is 54.6 Å². The maximum absolute atomic E-state index is 13.0. The molecule has 2 aromatic carbocycles. The molecule has 1 amide bonds. The normalized spacial score (nSPS) is 21.9. The van der Waals surface area contributed by atoms with Gasteiger partial charge >= 0.3 is 0 Å². The number of carbonyl (C=O) groups excluding carboxylic acids is 1. The second-order valence-corrected chi connectivity index (χ2v) is 10.8. The summed E-state index contributed by atoms with van der Waals surface area (Å²) in [5.74, 6) is -0.149. The molecular weight excluding hydrogens is 408 g/mol. The van der Waals surface area contributed by atoms with E-state index in [9.17, 15) is 13.2 Å². The van der Waals surface area contributed by atoms with E-state index < -0.39 is 10.0 Å². The molecule has 0 bridgehead atoms. The van der Waals surface area contributed by atoms with Gasteiger partial charge in [0.25, 0.3) is 0 Å². The van der Waals surface area contributed by atoms with Gasteiger partial charge in [-0.05, 0) is 61.6 Å². The Hall–Kier alpha value is -2.18. The summed E-state index contributed by atoms with van der Waals surface area (Å²) >= 11 is 0. The molecule has 1 aliphatic carbocycles. The highest BCUT2D eigenvalue weighted by Gasteiger charge is 2.33. The Morgan fingerprint density at radius 3 is 2.61 bits per heavy atom. The minimum Gasteiger partial charge on any atom is -0.349 e. The van der Waals surface area contributed by atoms with Crippen LogP contribution in [0.25, 0.3) is 0 Å². The number of nitrogens with one attached hydrogen (secondary N) is 1. The van der Waals surface area contributed by atoms with Crippen molar-refractivity contribution in [1.82, 2.24) is 9.62 Å². The topological polar surface area (TPSA) is 66.5 Å². The van der Waals surface area contributed by atoms with Crippen molar-refractivity contribution in [1.29, 1.82) is 0 Å². The van der Waals surface area contributed by atoms with E-state index in [2.05, 4.69) is 17.4 Å². The van der Waals surface area contributed by atoms with Gasteiger partial charge in [0.15, 0.2) is 0 Å². The second kappa shape index (κ2) is 9.96. The number of hydrogen-bond acceptors (Lipinski definition) is 3. The molecule has 1 saturated heterocycles. The fourth-order valence-corrected chi connectivity index (χ4v) is 6.42. The van der Waals surface area contributed by atoms with E-state index in [4.69, 9.17) is 0 Å². The largest absolute Gasteiger partial charge is 0.349 e. The highest BCUT2D eigenvalue weighted by molar-refractivity contribution is 7.89. The zero-order chi connectivity index (χ0) is 21.7. The number of sulfonamides is 1. The summed E-state index contributed by atoms with van der Waals surface area (Å²) in [7, 11) is -3.35. The minimum atomic E-state index is -3.35. The van der Waals surface area contributed by atoms with Gasteiger partial charge in [0, 0.05) is 13.1 Å². The maximum atomic E-state index is 13.0. The molecule has 166 valence electrons. The highest BCUT2D eigenvalue weighted by Crippen LogP contribution is 2.30. The van der Waals surface area contributed by atoms with Gasteiger partial charge < -0.3 is 5.32 Å². The first kappa shape index (κ1) is 22.0. The molecule has 4 rings (SSSR count). The molecule has 2 atom stereocenters. The Labute approximate surface area is 185 Å². The van der Waals surface area contributed by atoms with Crippen molar-refractivity contribution in [3.8, 4) is 0 Å². The third kappa shape index (κ3) is 5.55. The molecule has 0 radical (unpaired) electrons. The van der Waals surface area contributed by atoms with Crippen LogP contribution >= 0.6 is 0 Å². The van der Waals surface area contributed by atoms with Crippen LogP contribution in [0.2, 0.25) is 0 Å². The third-order valence-electron chi connectivity index (χ3n) is 6.54. The lowest BCUT2D eigenvalue weighted by Gasteiger charge is -2.33. The Bertz CT molecular complexity index is 991.